The van der Waals surface area contributed by atoms with Gasteiger partial charge in [0, 0.05) is 24.0 Å². The number of hydrogen-bond donors (Lipinski definition) is 1. The molecule has 0 saturated heterocycles. The Kier molecular flexibility index (Phi) is 4.55. The van der Waals surface area contributed by atoms with E-state index >= 15 is 0 Å². The van der Waals surface area contributed by atoms with Crippen molar-refractivity contribution < 1.29 is 19.4 Å². The van der Waals surface area contributed by atoms with Gasteiger partial charge in [0.15, 0.2) is 6.29 Å². The third kappa shape index (κ3) is 3.18. The number of hydrogen-bond acceptors (Lipinski definition) is 3. The molecule has 0 atom stereocenters. The van der Waals surface area contributed by atoms with E-state index in [9.17, 15) is 4.79 Å². The van der Waals surface area contributed by atoms with E-state index in [0.717, 1.165) is 3.57 Å². The molecule has 84 valence electrons. The molecule has 0 amide bonds. The number of ether oxygens (including phenoxy) is 2. The summed E-state index contributed by atoms with van der Waals surface area (Å²) in [4.78, 5) is 10.9. The second kappa shape index (κ2) is 5.47. The number of nitrogens with zero attached hydrogens (tertiary/aromatic N) is 1. The van der Waals surface area contributed by atoms with E-state index in [2.05, 4.69) is 22.6 Å². The second-order valence-corrected chi connectivity index (χ2v) is 4.15. The fraction of sp³-hybridized carbons (Fsp3) is 0.444. The zero-order chi connectivity index (χ0) is 11.4. The van der Waals surface area contributed by atoms with Crippen LogP contribution in [0.15, 0.2) is 12.3 Å². The summed E-state index contributed by atoms with van der Waals surface area (Å²) in [6.45, 7) is 0.359. The normalized spacial score (nSPS) is 10.9. The highest BCUT2D eigenvalue weighted by Gasteiger charge is 2.14. The summed E-state index contributed by atoms with van der Waals surface area (Å²) in [7, 11) is 3.03. The van der Waals surface area contributed by atoms with Crippen LogP contribution in [0.1, 0.15) is 10.5 Å². The molecule has 1 N–H and O–H groups in total. The van der Waals surface area contributed by atoms with Gasteiger partial charge in [-0.3, -0.25) is 0 Å². The molecule has 0 aromatic carbocycles. The first-order valence-corrected chi connectivity index (χ1v) is 5.31. The van der Waals surface area contributed by atoms with Crippen molar-refractivity contribution in [3.63, 3.8) is 0 Å². The van der Waals surface area contributed by atoms with E-state index in [1.807, 2.05) is 0 Å². The molecule has 15 heavy (non-hydrogen) atoms. The first-order valence-electron chi connectivity index (χ1n) is 4.23. The van der Waals surface area contributed by atoms with Gasteiger partial charge in [-0.25, -0.2) is 4.79 Å². The highest BCUT2D eigenvalue weighted by molar-refractivity contribution is 14.1. The first-order chi connectivity index (χ1) is 7.08. The number of methoxy groups -OCH3 is 2. The van der Waals surface area contributed by atoms with Crippen LogP contribution in [0.2, 0.25) is 0 Å². The minimum absolute atomic E-state index is 0.235. The zero-order valence-electron chi connectivity index (χ0n) is 8.44. The third-order valence-corrected chi connectivity index (χ3v) is 2.54. The lowest BCUT2D eigenvalue weighted by Gasteiger charge is -2.15. The molecule has 1 aromatic heterocycles. The predicted octanol–water partition coefficient (Wildman–Crippen LogP) is 1.41. The molecule has 0 unspecified atom stereocenters. The molecular weight excluding hydrogens is 313 g/mol. The summed E-state index contributed by atoms with van der Waals surface area (Å²) in [5, 5.41) is 8.93. The maximum atomic E-state index is 10.9. The Morgan fingerprint density at radius 2 is 2.20 bits per heavy atom. The molecule has 1 aromatic rings. The van der Waals surface area contributed by atoms with E-state index in [0.29, 0.717) is 6.54 Å². The van der Waals surface area contributed by atoms with Crippen LogP contribution in [0.3, 0.4) is 0 Å². The number of carboxylic acids is 1. The highest BCUT2D eigenvalue weighted by atomic mass is 127. The molecule has 1 heterocycles. The van der Waals surface area contributed by atoms with E-state index in [4.69, 9.17) is 14.6 Å². The van der Waals surface area contributed by atoms with Crippen molar-refractivity contribution >= 4 is 28.6 Å². The Hall–Kier alpha value is -0.600. The highest BCUT2D eigenvalue weighted by Crippen LogP contribution is 2.12. The minimum Gasteiger partial charge on any atom is -0.477 e. The molecule has 5 nitrogen and oxygen atoms in total. The van der Waals surface area contributed by atoms with Crippen molar-refractivity contribution in [2.45, 2.75) is 12.8 Å². The summed E-state index contributed by atoms with van der Waals surface area (Å²) in [5.74, 6) is -0.955. The molecular formula is C9H12INO4. The Morgan fingerprint density at radius 1 is 1.60 bits per heavy atom. The molecule has 0 radical (unpaired) electrons. The van der Waals surface area contributed by atoms with Crippen LogP contribution in [-0.2, 0) is 16.0 Å². The smallest absolute Gasteiger partial charge is 0.352 e. The van der Waals surface area contributed by atoms with Crippen LogP contribution in [0.5, 0.6) is 0 Å². The number of carbonyl (C=O) groups is 1. The number of halogens is 1. The average Bonchev–Trinajstić information content (AvgIpc) is 2.56. The molecule has 6 heteroatoms. The summed E-state index contributed by atoms with van der Waals surface area (Å²) < 4.78 is 12.5. The van der Waals surface area contributed by atoms with Gasteiger partial charge in [0.05, 0.1) is 6.54 Å². The lowest BCUT2D eigenvalue weighted by molar-refractivity contribution is -0.111. The van der Waals surface area contributed by atoms with Crippen LogP contribution in [0, 0.1) is 3.57 Å². The number of rotatable bonds is 5. The molecule has 0 aliphatic heterocycles. The maximum absolute atomic E-state index is 10.9. The van der Waals surface area contributed by atoms with Gasteiger partial charge >= 0.3 is 5.97 Å². The SMILES string of the molecule is COC(Cn1cc(I)cc1C(=O)O)OC. The van der Waals surface area contributed by atoms with Crippen molar-refractivity contribution in [1.82, 2.24) is 4.57 Å². The molecule has 0 aliphatic carbocycles. The van der Waals surface area contributed by atoms with Gasteiger partial charge in [0.25, 0.3) is 0 Å². The monoisotopic (exact) mass is 325 g/mol. The van der Waals surface area contributed by atoms with E-state index in [1.165, 1.54) is 14.2 Å². The van der Waals surface area contributed by atoms with Gasteiger partial charge in [0.2, 0.25) is 0 Å². The molecule has 0 bridgehead atoms. The summed E-state index contributed by atoms with van der Waals surface area (Å²) in [6.07, 6.45) is 1.31. The quantitative estimate of drug-likeness (QED) is 0.657. The second-order valence-electron chi connectivity index (χ2n) is 2.90. The van der Waals surface area contributed by atoms with Crippen molar-refractivity contribution in [3.05, 3.63) is 21.5 Å². The first kappa shape index (κ1) is 12.5. The van der Waals surface area contributed by atoms with Crippen molar-refractivity contribution in [2.24, 2.45) is 0 Å². The van der Waals surface area contributed by atoms with Gasteiger partial charge in [-0.1, -0.05) is 0 Å². The van der Waals surface area contributed by atoms with Gasteiger partial charge in [0.1, 0.15) is 5.69 Å². The summed E-state index contributed by atoms with van der Waals surface area (Å²) in [5.41, 5.74) is 0.235. The predicted molar refractivity (Wildman–Crippen MR) is 61.9 cm³/mol. The number of aromatic nitrogens is 1. The fourth-order valence-corrected chi connectivity index (χ4v) is 1.84. The van der Waals surface area contributed by atoms with Crippen molar-refractivity contribution in [3.8, 4) is 0 Å². The minimum atomic E-state index is -0.955. The van der Waals surface area contributed by atoms with Crippen LogP contribution < -0.4 is 0 Å². The van der Waals surface area contributed by atoms with Gasteiger partial charge in [-0.15, -0.1) is 0 Å². The Labute approximate surface area is 101 Å². The Morgan fingerprint density at radius 3 is 2.67 bits per heavy atom. The van der Waals surface area contributed by atoms with E-state index < -0.39 is 12.3 Å². The topological polar surface area (TPSA) is 60.7 Å². The molecule has 0 saturated carbocycles. The van der Waals surface area contributed by atoms with Gasteiger partial charge in [-0.2, -0.15) is 0 Å². The van der Waals surface area contributed by atoms with Crippen molar-refractivity contribution in [1.29, 1.82) is 0 Å². The van der Waals surface area contributed by atoms with Crippen LogP contribution >= 0.6 is 22.6 Å². The van der Waals surface area contributed by atoms with Crippen LogP contribution in [0.4, 0.5) is 0 Å². The van der Waals surface area contributed by atoms with E-state index in [1.54, 1.807) is 16.8 Å². The molecule has 0 fully saturated rings. The van der Waals surface area contributed by atoms with Crippen molar-refractivity contribution in [2.75, 3.05) is 14.2 Å². The Bertz CT molecular complexity index is 346. The molecule has 0 spiro atoms. The number of aromatic carboxylic acids is 1. The van der Waals surface area contributed by atoms with E-state index in [-0.39, 0.29) is 5.69 Å². The molecule has 0 aliphatic rings. The summed E-state index contributed by atoms with van der Waals surface area (Å²) >= 11 is 2.06. The molecule has 1 rings (SSSR count). The Balaban J connectivity index is 2.88. The average molecular weight is 325 g/mol. The lowest BCUT2D eigenvalue weighted by Crippen LogP contribution is -2.22. The zero-order valence-corrected chi connectivity index (χ0v) is 10.6. The largest absolute Gasteiger partial charge is 0.477 e. The van der Waals surface area contributed by atoms with Gasteiger partial charge < -0.3 is 19.1 Å². The fourth-order valence-electron chi connectivity index (χ4n) is 1.21. The lowest BCUT2D eigenvalue weighted by atomic mass is 10.4. The summed E-state index contributed by atoms with van der Waals surface area (Å²) in [6, 6.07) is 1.60. The standard InChI is InChI=1S/C9H12INO4/c1-14-8(15-2)5-11-4-6(10)3-7(11)9(12)13/h3-4,8H,5H2,1-2H3,(H,12,13). The van der Waals surface area contributed by atoms with Gasteiger partial charge in [-0.05, 0) is 28.7 Å². The van der Waals surface area contributed by atoms with Crippen LogP contribution in [-0.4, -0.2) is 36.2 Å². The maximum Gasteiger partial charge on any atom is 0.352 e. The van der Waals surface area contributed by atoms with Crippen LogP contribution in [0.25, 0.3) is 0 Å². The third-order valence-electron chi connectivity index (χ3n) is 1.95. The number of carboxylic acid groups (broad SMARTS) is 1.